The van der Waals surface area contributed by atoms with Gasteiger partial charge in [0.15, 0.2) is 0 Å². The molecule has 8 heterocycles. The van der Waals surface area contributed by atoms with Crippen molar-refractivity contribution in [1.29, 1.82) is 0 Å². The molecule has 0 saturated carbocycles. The Labute approximate surface area is 274 Å². The molecule has 0 bridgehead atoms. The van der Waals surface area contributed by atoms with Gasteiger partial charge < -0.3 is 9.13 Å². The molecule has 0 radical (unpaired) electrons. The van der Waals surface area contributed by atoms with Crippen molar-refractivity contribution >= 4 is 149 Å². The summed E-state index contributed by atoms with van der Waals surface area (Å²) in [6.07, 6.45) is 0. The van der Waals surface area contributed by atoms with Gasteiger partial charge in [-0.1, -0.05) is 36.4 Å². The monoisotopic (exact) mass is 672 g/mol. The van der Waals surface area contributed by atoms with Crippen LogP contribution in [-0.4, -0.2) is 9.13 Å². The Morgan fingerprint density at radius 3 is 1.30 bits per heavy atom. The summed E-state index contributed by atoms with van der Waals surface area (Å²) in [5.41, 5.74) is 5.41. The number of hydrogen-bond acceptors (Lipinski definition) is 6. The second-order valence-electron chi connectivity index (χ2n) is 11.5. The number of hydrogen-bond donors (Lipinski definition) is 0. The minimum absolute atomic E-state index is 1.33. The summed E-state index contributed by atoms with van der Waals surface area (Å²) in [4.78, 5) is 5.49. The van der Waals surface area contributed by atoms with Gasteiger partial charge in [0.2, 0.25) is 0 Å². The Balaban J connectivity index is 1.10. The molecule has 0 atom stereocenters. The molecule has 3 aromatic carbocycles. The van der Waals surface area contributed by atoms with E-state index >= 15 is 0 Å². The minimum Gasteiger partial charge on any atom is -0.342 e. The van der Waals surface area contributed by atoms with E-state index in [4.69, 9.17) is 0 Å². The molecule has 8 aromatic heterocycles. The van der Waals surface area contributed by atoms with Crippen molar-refractivity contribution < 1.29 is 0 Å². The predicted octanol–water partition coefficient (Wildman–Crippen LogP) is 13.3. The van der Waals surface area contributed by atoms with E-state index in [2.05, 4.69) is 108 Å². The lowest BCUT2D eigenvalue weighted by Crippen LogP contribution is -1.88. The van der Waals surface area contributed by atoms with E-state index in [1.165, 1.54) is 101 Å². The number of fused-ring (bicyclic) bond motifs is 12. The van der Waals surface area contributed by atoms with E-state index in [0.717, 1.165) is 0 Å². The molecule has 11 aromatic rings. The fourth-order valence-electron chi connectivity index (χ4n) is 6.91. The zero-order chi connectivity index (χ0) is 28.8. The number of aryl methyl sites for hydroxylation is 2. The van der Waals surface area contributed by atoms with Gasteiger partial charge in [0.05, 0.1) is 40.9 Å². The van der Waals surface area contributed by atoms with Gasteiger partial charge in [-0.25, -0.2) is 0 Å². The van der Waals surface area contributed by atoms with Crippen LogP contribution in [0.5, 0.6) is 0 Å². The van der Waals surface area contributed by atoms with E-state index in [0.29, 0.717) is 0 Å². The molecule has 210 valence electrons. The first kappa shape index (κ1) is 24.8. The zero-order valence-corrected chi connectivity index (χ0v) is 28.3. The van der Waals surface area contributed by atoms with Crippen molar-refractivity contribution in [1.82, 2.24) is 9.13 Å². The highest BCUT2D eigenvalue weighted by Crippen LogP contribution is 2.51. The van der Waals surface area contributed by atoms with E-state index in [-0.39, 0.29) is 0 Å². The van der Waals surface area contributed by atoms with Crippen molar-refractivity contribution in [2.45, 2.75) is 0 Å². The Morgan fingerprint density at radius 1 is 0.409 bits per heavy atom. The first-order valence-electron chi connectivity index (χ1n) is 14.4. The second kappa shape index (κ2) is 8.60. The molecule has 2 nitrogen and oxygen atoms in total. The largest absolute Gasteiger partial charge is 0.342 e. The maximum atomic E-state index is 2.46. The summed E-state index contributed by atoms with van der Waals surface area (Å²) < 4.78 is 16.0. The third-order valence-electron chi connectivity index (χ3n) is 9.01. The number of thiophene rings is 6. The molecule has 8 heteroatoms. The van der Waals surface area contributed by atoms with Crippen LogP contribution in [0, 0.1) is 0 Å². The van der Waals surface area contributed by atoms with Gasteiger partial charge in [0.1, 0.15) is 0 Å². The van der Waals surface area contributed by atoms with Gasteiger partial charge in [-0.3, -0.25) is 0 Å². The first-order valence-corrected chi connectivity index (χ1v) is 19.3. The van der Waals surface area contributed by atoms with Crippen molar-refractivity contribution in [2.75, 3.05) is 0 Å². The standard InChI is InChI=1S/C36H20N2S6/c1-37-21-13-20-22(38(2)32-34(20)44-30-16-28(42-36(30)32)26-12-18-8-4-6-10-24(18)40-26)14-19(21)33-31(37)35-29(43-33)15-27(41-35)25-11-17-7-3-5-9-23(17)39-25/h3-16H,1-2H3. The lowest BCUT2D eigenvalue weighted by atomic mass is 10.2. The molecule has 44 heavy (non-hydrogen) atoms. The van der Waals surface area contributed by atoms with Gasteiger partial charge in [0.25, 0.3) is 0 Å². The van der Waals surface area contributed by atoms with Crippen LogP contribution in [-0.2, 0) is 14.1 Å². The van der Waals surface area contributed by atoms with E-state index < -0.39 is 0 Å². The van der Waals surface area contributed by atoms with Crippen LogP contribution in [0.2, 0.25) is 0 Å². The second-order valence-corrected chi connectivity index (χ2v) is 17.8. The quantitative estimate of drug-likeness (QED) is 0.173. The summed E-state index contributed by atoms with van der Waals surface area (Å²) in [6, 6.07) is 31.9. The van der Waals surface area contributed by atoms with Crippen molar-refractivity contribution in [3.8, 4) is 19.5 Å². The van der Waals surface area contributed by atoms with Gasteiger partial charge in [-0.15, -0.1) is 68.0 Å². The highest BCUT2D eigenvalue weighted by molar-refractivity contribution is 7.36. The molecule has 11 rings (SSSR count). The smallest absolute Gasteiger partial charge is 0.0780 e. The highest BCUT2D eigenvalue weighted by atomic mass is 32.1. The molecule has 0 fully saturated rings. The highest BCUT2D eigenvalue weighted by Gasteiger charge is 2.23. The SMILES string of the molecule is Cn1c2cc3c4sc5cc(-c6cc7ccccc7s6)sc5c4n(C)c3cc2c2sc3cc(-c4cc5ccccc5s4)sc3c21. The predicted molar refractivity (Wildman–Crippen MR) is 203 cm³/mol. The van der Waals surface area contributed by atoms with Crippen molar-refractivity contribution in [3.63, 3.8) is 0 Å². The minimum atomic E-state index is 1.33. The number of benzene rings is 3. The Morgan fingerprint density at radius 2 is 0.841 bits per heavy atom. The van der Waals surface area contributed by atoms with Gasteiger partial charge >= 0.3 is 0 Å². The summed E-state index contributed by atoms with van der Waals surface area (Å²) in [5, 5.41) is 5.41. The average molecular weight is 673 g/mol. The Kier molecular flexibility index (Phi) is 4.84. The molecule has 0 aliphatic carbocycles. The number of nitrogens with zero attached hydrogens (tertiary/aromatic N) is 2. The van der Waals surface area contributed by atoms with Gasteiger partial charge in [-0.2, -0.15) is 0 Å². The van der Waals surface area contributed by atoms with Crippen LogP contribution in [0.3, 0.4) is 0 Å². The molecular formula is C36H20N2S6. The van der Waals surface area contributed by atoms with Crippen LogP contribution in [0.15, 0.2) is 84.9 Å². The molecule has 0 saturated heterocycles. The molecule has 0 aliphatic heterocycles. The topological polar surface area (TPSA) is 9.86 Å². The molecule has 0 aliphatic rings. The number of aromatic nitrogens is 2. The van der Waals surface area contributed by atoms with Crippen LogP contribution >= 0.6 is 68.0 Å². The van der Waals surface area contributed by atoms with Crippen LogP contribution in [0.25, 0.3) is 101 Å². The van der Waals surface area contributed by atoms with E-state index in [1.807, 2.05) is 68.0 Å². The van der Waals surface area contributed by atoms with E-state index in [1.54, 1.807) is 0 Å². The zero-order valence-electron chi connectivity index (χ0n) is 23.4. The summed E-state index contributed by atoms with van der Waals surface area (Å²) in [6.45, 7) is 0. The summed E-state index contributed by atoms with van der Waals surface area (Å²) in [5.74, 6) is 0. The molecular weight excluding hydrogens is 653 g/mol. The fraction of sp³-hybridized carbons (Fsp3) is 0.0556. The van der Waals surface area contributed by atoms with E-state index in [9.17, 15) is 0 Å². The maximum absolute atomic E-state index is 2.46. The van der Waals surface area contributed by atoms with Gasteiger partial charge in [-0.05, 0) is 59.3 Å². The molecule has 0 amide bonds. The Hall–Kier alpha value is -3.50. The first-order chi connectivity index (χ1) is 21.6. The van der Waals surface area contributed by atoms with Crippen LogP contribution < -0.4 is 0 Å². The maximum Gasteiger partial charge on any atom is 0.0780 e. The molecule has 0 unspecified atom stereocenters. The molecule has 0 N–H and O–H groups in total. The van der Waals surface area contributed by atoms with Crippen LogP contribution in [0.1, 0.15) is 0 Å². The molecule has 0 spiro atoms. The normalized spacial score (nSPS) is 12.8. The van der Waals surface area contributed by atoms with Gasteiger partial charge in [0, 0.05) is 63.2 Å². The number of rotatable bonds is 2. The van der Waals surface area contributed by atoms with Crippen LogP contribution in [0.4, 0.5) is 0 Å². The lowest BCUT2D eigenvalue weighted by Gasteiger charge is -2.01. The third-order valence-corrected chi connectivity index (χ3v) is 16.5. The summed E-state index contributed by atoms with van der Waals surface area (Å²) in [7, 11) is 4.51. The third kappa shape index (κ3) is 3.18. The average Bonchev–Trinajstić information content (AvgIpc) is 3.87. The van der Waals surface area contributed by atoms with Crippen molar-refractivity contribution in [3.05, 3.63) is 84.9 Å². The van der Waals surface area contributed by atoms with Crippen molar-refractivity contribution in [2.24, 2.45) is 14.1 Å². The lowest BCUT2D eigenvalue weighted by molar-refractivity contribution is 1.02. The fourth-order valence-corrected chi connectivity index (χ4v) is 14.6. The summed E-state index contributed by atoms with van der Waals surface area (Å²) >= 11 is 11.6. The Bertz CT molecular complexity index is 2710.